The number of halogens is 1. The van der Waals surface area contributed by atoms with Crippen molar-refractivity contribution in [1.82, 2.24) is 0 Å². The number of rotatable bonds is 7. The third kappa shape index (κ3) is 6.27. The van der Waals surface area contributed by atoms with Crippen LogP contribution in [0.5, 0.6) is 5.75 Å². The third-order valence-corrected chi connectivity index (χ3v) is 4.93. The van der Waals surface area contributed by atoms with Crippen LogP contribution in [0.3, 0.4) is 0 Å². The van der Waals surface area contributed by atoms with Crippen LogP contribution >= 0.6 is 11.6 Å². The minimum atomic E-state index is 0.00933. The summed E-state index contributed by atoms with van der Waals surface area (Å²) in [6, 6.07) is 5.84. The lowest BCUT2D eigenvalue weighted by Crippen LogP contribution is -3.14. The van der Waals surface area contributed by atoms with Crippen molar-refractivity contribution in [3.8, 4) is 5.75 Å². The highest BCUT2D eigenvalue weighted by molar-refractivity contribution is 6.30. The van der Waals surface area contributed by atoms with E-state index in [4.69, 9.17) is 21.1 Å². The van der Waals surface area contributed by atoms with Gasteiger partial charge in [-0.15, -0.1) is 0 Å². The van der Waals surface area contributed by atoms with Gasteiger partial charge in [0.05, 0.1) is 26.3 Å². The van der Waals surface area contributed by atoms with Crippen LogP contribution in [0.1, 0.15) is 46.1 Å². The molecule has 3 nitrogen and oxygen atoms in total. The summed E-state index contributed by atoms with van der Waals surface area (Å²) in [4.78, 5) is 1.68. The summed E-state index contributed by atoms with van der Waals surface area (Å²) < 4.78 is 11.7. The third-order valence-electron chi connectivity index (χ3n) is 4.70. The van der Waals surface area contributed by atoms with Crippen molar-refractivity contribution in [1.29, 1.82) is 0 Å². The zero-order valence-corrected chi connectivity index (χ0v) is 16.4. The Hall–Kier alpha value is -0.770. The monoisotopic (exact) mass is 354 g/mol. The maximum Gasteiger partial charge on any atom is 0.123 e. The van der Waals surface area contributed by atoms with Crippen LogP contribution in [-0.4, -0.2) is 39.5 Å². The van der Waals surface area contributed by atoms with Gasteiger partial charge < -0.3 is 14.4 Å². The maximum absolute atomic E-state index is 6.13. The maximum atomic E-state index is 6.13. The Morgan fingerprint density at radius 3 is 2.71 bits per heavy atom. The van der Waals surface area contributed by atoms with E-state index in [0.717, 1.165) is 35.4 Å². The SMILES string of the molecule is C[C@@H]1CCC[NH+](CCOCCOc2ccc(Cl)cc2C(C)(C)C)C1. The molecule has 1 aromatic carbocycles. The summed E-state index contributed by atoms with van der Waals surface area (Å²) in [5, 5.41) is 0.752. The number of hydrogen-bond acceptors (Lipinski definition) is 2. The van der Waals surface area contributed by atoms with E-state index in [9.17, 15) is 0 Å². The zero-order chi connectivity index (χ0) is 17.6. The minimum absolute atomic E-state index is 0.00933. The molecule has 1 fully saturated rings. The van der Waals surface area contributed by atoms with Gasteiger partial charge in [0.25, 0.3) is 0 Å². The molecule has 0 bridgehead atoms. The van der Waals surface area contributed by atoms with Crippen LogP contribution in [0.15, 0.2) is 18.2 Å². The summed E-state index contributed by atoms with van der Waals surface area (Å²) in [5.74, 6) is 1.77. The van der Waals surface area contributed by atoms with Crippen molar-refractivity contribution >= 4 is 11.6 Å². The summed E-state index contributed by atoms with van der Waals surface area (Å²) in [6.45, 7) is 14.6. The molecule has 1 unspecified atom stereocenters. The average Bonchev–Trinajstić information content (AvgIpc) is 2.51. The number of likely N-dealkylation sites (tertiary alicyclic amines) is 1. The molecule has 1 aliphatic rings. The summed E-state index contributed by atoms with van der Waals surface area (Å²) in [5.41, 5.74) is 1.15. The molecule has 0 saturated carbocycles. The van der Waals surface area contributed by atoms with Crippen molar-refractivity contribution in [2.75, 3.05) is 39.5 Å². The quantitative estimate of drug-likeness (QED) is 0.759. The Morgan fingerprint density at radius 1 is 1.21 bits per heavy atom. The van der Waals surface area contributed by atoms with Gasteiger partial charge >= 0.3 is 0 Å². The number of quaternary nitrogens is 1. The highest BCUT2D eigenvalue weighted by atomic mass is 35.5. The molecule has 1 aromatic rings. The minimum Gasteiger partial charge on any atom is -0.491 e. The van der Waals surface area contributed by atoms with Crippen LogP contribution in [0.4, 0.5) is 0 Å². The molecule has 4 heteroatoms. The largest absolute Gasteiger partial charge is 0.491 e. The van der Waals surface area contributed by atoms with Gasteiger partial charge in [-0.3, -0.25) is 0 Å². The van der Waals surface area contributed by atoms with E-state index in [1.807, 2.05) is 18.2 Å². The number of ether oxygens (including phenoxy) is 2. The van der Waals surface area contributed by atoms with E-state index in [1.54, 1.807) is 4.90 Å². The predicted octanol–water partition coefficient (Wildman–Crippen LogP) is 3.35. The fourth-order valence-electron chi connectivity index (χ4n) is 3.37. The van der Waals surface area contributed by atoms with E-state index >= 15 is 0 Å². The topological polar surface area (TPSA) is 22.9 Å². The summed E-state index contributed by atoms with van der Waals surface area (Å²) >= 11 is 6.13. The van der Waals surface area contributed by atoms with Gasteiger partial charge in [-0.1, -0.05) is 39.3 Å². The van der Waals surface area contributed by atoms with E-state index in [-0.39, 0.29) is 5.41 Å². The molecule has 2 rings (SSSR count). The molecule has 0 spiro atoms. The Kier molecular flexibility index (Phi) is 7.39. The van der Waals surface area contributed by atoms with Gasteiger partial charge in [-0.05, 0) is 36.5 Å². The number of hydrogen-bond donors (Lipinski definition) is 1. The molecule has 136 valence electrons. The molecule has 0 aliphatic carbocycles. The molecule has 0 aromatic heterocycles. The fraction of sp³-hybridized carbons (Fsp3) is 0.700. The van der Waals surface area contributed by atoms with E-state index in [2.05, 4.69) is 27.7 Å². The van der Waals surface area contributed by atoms with E-state index in [0.29, 0.717) is 13.2 Å². The van der Waals surface area contributed by atoms with Crippen molar-refractivity contribution < 1.29 is 14.4 Å². The molecule has 1 aliphatic heterocycles. The first-order chi connectivity index (χ1) is 11.4. The lowest BCUT2D eigenvalue weighted by Gasteiger charge is -2.27. The fourth-order valence-corrected chi connectivity index (χ4v) is 3.54. The normalized spacial score (nSPS) is 21.7. The highest BCUT2D eigenvalue weighted by Gasteiger charge is 2.20. The van der Waals surface area contributed by atoms with Crippen LogP contribution < -0.4 is 9.64 Å². The van der Waals surface area contributed by atoms with Gasteiger partial charge in [0.1, 0.15) is 18.9 Å². The second-order valence-electron chi connectivity index (χ2n) is 8.05. The molecule has 24 heavy (non-hydrogen) atoms. The van der Waals surface area contributed by atoms with Gasteiger partial charge in [-0.2, -0.15) is 0 Å². The van der Waals surface area contributed by atoms with Crippen molar-refractivity contribution in [2.24, 2.45) is 5.92 Å². The molecule has 0 amide bonds. The van der Waals surface area contributed by atoms with Crippen molar-refractivity contribution in [3.05, 3.63) is 28.8 Å². The predicted molar refractivity (Wildman–Crippen MR) is 100 cm³/mol. The molecule has 2 atom stereocenters. The number of benzene rings is 1. The van der Waals surface area contributed by atoms with Crippen LogP contribution in [0.2, 0.25) is 5.02 Å². The molecule has 1 N–H and O–H groups in total. The molecule has 1 saturated heterocycles. The van der Waals surface area contributed by atoms with Gasteiger partial charge in [-0.25, -0.2) is 0 Å². The van der Waals surface area contributed by atoms with Crippen LogP contribution in [0, 0.1) is 5.92 Å². The summed E-state index contributed by atoms with van der Waals surface area (Å²) in [6.07, 6.45) is 2.74. The first-order valence-corrected chi connectivity index (χ1v) is 9.58. The zero-order valence-electron chi connectivity index (χ0n) is 15.7. The molecular weight excluding hydrogens is 322 g/mol. The second kappa shape index (κ2) is 9.07. The lowest BCUT2D eigenvalue weighted by atomic mass is 9.86. The molecule has 0 radical (unpaired) electrons. The summed E-state index contributed by atoms with van der Waals surface area (Å²) in [7, 11) is 0. The lowest BCUT2D eigenvalue weighted by molar-refractivity contribution is -0.908. The first-order valence-electron chi connectivity index (χ1n) is 9.20. The van der Waals surface area contributed by atoms with Crippen LogP contribution in [0.25, 0.3) is 0 Å². The highest BCUT2D eigenvalue weighted by Crippen LogP contribution is 2.33. The van der Waals surface area contributed by atoms with Gasteiger partial charge in [0, 0.05) is 16.5 Å². The van der Waals surface area contributed by atoms with Crippen molar-refractivity contribution in [3.63, 3.8) is 0 Å². The first kappa shape index (κ1) is 19.6. The van der Waals surface area contributed by atoms with Crippen molar-refractivity contribution in [2.45, 2.75) is 46.0 Å². The Labute approximate surface area is 152 Å². The Bertz CT molecular complexity index is 513. The van der Waals surface area contributed by atoms with Gasteiger partial charge in [0.15, 0.2) is 0 Å². The average molecular weight is 355 g/mol. The van der Waals surface area contributed by atoms with Gasteiger partial charge in [0.2, 0.25) is 0 Å². The molecular formula is C20H33ClNO2+. The smallest absolute Gasteiger partial charge is 0.123 e. The van der Waals surface area contributed by atoms with E-state index in [1.165, 1.54) is 25.9 Å². The van der Waals surface area contributed by atoms with E-state index < -0.39 is 0 Å². The Morgan fingerprint density at radius 2 is 2.00 bits per heavy atom. The number of nitrogens with one attached hydrogen (secondary N) is 1. The molecule has 1 heterocycles. The number of piperidine rings is 1. The van der Waals surface area contributed by atoms with Crippen LogP contribution in [-0.2, 0) is 10.2 Å². The standard InChI is InChI=1S/C20H32ClNO2/c1-16-6-5-9-22(15-16)10-11-23-12-13-24-19-8-7-17(21)14-18(19)20(2,3)4/h7-8,14,16H,5-6,9-13,15H2,1-4H3/p+1/t16-/m1/s1. The second-order valence-corrected chi connectivity index (χ2v) is 8.49. The Balaban J connectivity index is 1.69.